The van der Waals surface area contributed by atoms with Crippen LogP contribution in [0.25, 0.3) is 0 Å². The molecule has 1 aromatic heterocycles. The molecule has 1 N–H and O–H groups in total. The summed E-state index contributed by atoms with van der Waals surface area (Å²) in [5.41, 5.74) is 3.08. The summed E-state index contributed by atoms with van der Waals surface area (Å²) in [5, 5.41) is 2.97. The number of benzene rings is 3. The minimum atomic E-state index is -0.657. The number of furan rings is 1. The highest BCUT2D eigenvalue weighted by Crippen LogP contribution is 2.17. The molecule has 5 nitrogen and oxygen atoms in total. The molecule has 0 saturated carbocycles. The van der Waals surface area contributed by atoms with Crippen LogP contribution in [0.15, 0.2) is 114 Å². The molecule has 1 atom stereocenters. The molecule has 0 saturated heterocycles. The average Bonchev–Trinajstić information content (AvgIpc) is 3.43. The van der Waals surface area contributed by atoms with E-state index < -0.39 is 6.04 Å². The predicted molar refractivity (Wildman–Crippen MR) is 136 cm³/mol. The Morgan fingerprint density at radius 2 is 1.34 bits per heavy atom. The zero-order valence-corrected chi connectivity index (χ0v) is 19.7. The van der Waals surface area contributed by atoms with Crippen molar-refractivity contribution in [2.75, 3.05) is 0 Å². The molecule has 0 fully saturated rings. The highest BCUT2D eigenvalue weighted by atomic mass is 16.3. The van der Waals surface area contributed by atoms with Crippen LogP contribution in [0.3, 0.4) is 0 Å². The van der Waals surface area contributed by atoms with Crippen LogP contribution in [0.2, 0.25) is 0 Å². The smallest absolute Gasteiger partial charge is 0.243 e. The molecule has 0 aliphatic heterocycles. The van der Waals surface area contributed by atoms with Gasteiger partial charge in [0.15, 0.2) is 0 Å². The first-order valence-corrected chi connectivity index (χ1v) is 11.9. The van der Waals surface area contributed by atoms with Crippen molar-refractivity contribution in [2.45, 2.75) is 38.4 Å². The lowest BCUT2D eigenvalue weighted by Crippen LogP contribution is -2.50. The van der Waals surface area contributed by atoms with Crippen molar-refractivity contribution in [2.24, 2.45) is 0 Å². The number of hydrogen-bond acceptors (Lipinski definition) is 3. The van der Waals surface area contributed by atoms with E-state index in [4.69, 9.17) is 4.42 Å². The van der Waals surface area contributed by atoms with E-state index in [9.17, 15) is 9.59 Å². The van der Waals surface area contributed by atoms with Crippen molar-refractivity contribution in [1.82, 2.24) is 10.2 Å². The molecule has 0 aliphatic carbocycles. The molecule has 2 amide bonds. The fourth-order valence-corrected chi connectivity index (χ4v) is 4.08. The number of carbonyl (C=O) groups excluding carboxylic acids is 2. The van der Waals surface area contributed by atoms with Crippen molar-refractivity contribution < 1.29 is 14.0 Å². The van der Waals surface area contributed by atoms with Gasteiger partial charge >= 0.3 is 0 Å². The molecule has 0 spiro atoms. The largest absolute Gasteiger partial charge is 0.467 e. The second-order valence-electron chi connectivity index (χ2n) is 8.50. The van der Waals surface area contributed by atoms with E-state index in [1.165, 1.54) is 0 Å². The van der Waals surface area contributed by atoms with Gasteiger partial charge in [0, 0.05) is 19.4 Å². The minimum Gasteiger partial charge on any atom is -0.467 e. The van der Waals surface area contributed by atoms with Crippen LogP contribution in [-0.4, -0.2) is 22.8 Å². The fourth-order valence-electron chi connectivity index (χ4n) is 4.08. The van der Waals surface area contributed by atoms with Crippen LogP contribution < -0.4 is 5.32 Å². The lowest BCUT2D eigenvalue weighted by atomic mass is 10.0. The predicted octanol–water partition coefficient (Wildman–Crippen LogP) is 5.17. The van der Waals surface area contributed by atoms with Crippen LogP contribution in [-0.2, 0) is 35.5 Å². The maximum Gasteiger partial charge on any atom is 0.243 e. The number of carbonyl (C=O) groups is 2. The molecule has 0 unspecified atom stereocenters. The van der Waals surface area contributed by atoms with Gasteiger partial charge in [0.25, 0.3) is 0 Å². The number of hydrogen-bond donors (Lipinski definition) is 1. The summed E-state index contributed by atoms with van der Waals surface area (Å²) in [6, 6.07) is 32.5. The van der Waals surface area contributed by atoms with Crippen molar-refractivity contribution in [3.05, 3.63) is 132 Å². The van der Waals surface area contributed by atoms with Gasteiger partial charge in [0.2, 0.25) is 11.8 Å². The van der Waals surface area contributed by atoms with E-state index in [0.717, 1.165) is 16.7 Å². The van der Waals surface area contributed by atoms with Gasteiger partial charge in [-0.25, -0.2) is 0 Å². The Kier molecular flexibility index (Phi) is 8.49. The normalized spacial score (nSPS) is 11.5. The third kappa shape index (κ3) is 7.18. The van der Waals surface area contributed by atoms with Crippen molar-refractivity contribution in [3.8, 4) is 0 Å². The molecule has 0 radical (unpaired) electrons. The van der Waals surface area contributed by atoms with Crippen LogP contribution in [0.5, 0.6) is 0 Å². The Labute approximate surface area is 206 Å². The fraction of sp³-hybridized carbons (Fsp3) is 0.200. The van der Waals surface area contributed by atoms with E-state index in [0.29, 0.717) is 31.6 Å². The van der Waals surface area contributed by atoms with Crippen molar-refractivity contribution in [1.29, 1.82) is 0 Å². The maximum atomic E-state index is 13.6. The van der Waals surface area contributed by atoms with E-state index in [2.05, 4.69) is 5.32 Å². The Balaban J connectivity index is 1.58. The lowest BCUT2D eigenvalue weighted by Gasteiger charge is -2.31. The molecule has 5 heteroatoms. The summed E-state index contributed by atoms with van der Waals surface area (Å²) in [5.74, 6) is 0.419. The SMILES string of the molecule is O=C(NCc1ccco1)[C@H](Cc1ccccc1)N(Cc1ccccc1)C(=O)CCc1ccccc1. The molecule has 4 rings (SSSR count). The van der Waals surface area contributed by atoms with Gasteiger partial charge in [-0.15, -0.1) is 0 Å². The molecular weight excluding hydrogens is 436 g/mol. The number of rotatable bonds is 11. The van der Waals surface area contributed by atoms with Gasteiger partial charge in [-0.1, -0.05) is 91.0 Å². The summed E-state index contributed by atoms with van der Waals surface area (Å²) >= 11 is 0. The number of nitrogens with one attached hydrogen (secondary N) is 1. The van der Waals surface area contributed by atoms with Gasteiger partial charge in [-0.3, -0.25) is 9.59 Å². The van der Waals surface area contributed by atoms with Crippen LogP contribution in [0, 0.1) is 0 Å². The Morgan fingerprint density at radius 1 is 0.743 bits per heavy atom. The van der Waals surface area contributed by atoms with Crippen LogP contribution >= 0.6 is 0 Å². The van der Waals surface area contributed by atoms with Gasteiger partial charge in [-0.2, -0.15) is 0 Å². The second-order valence-corrected chi connectivity index (χ2v) is 8.50. The molecular formula is C30H30N2O3. The standard InChI is InChI=1S/C30H30N2O3/c33-29(19-18-24-11-4-1-5-12-24)32(23-26-15-8-3-9-16-26)28(21-25-13-6-2-7-14-25)30(34)31-22-27-17-10-20-35-27/h1-17,20,28H,18-19,21-23H2,(H,31,34)/t28-/m0/s1. The third-order valence-corrected chi connectivity index (χ3v) is 5.95. The van der Waals surface area contributed by atoms with Gasteiger partial charge in [0.1, 0.15) is 11.8 Å². The molecule has 4 aromatic rings. The van der Waals surface area contributed by atoms with Crippen molar-refractivity contribution >= 4 is 11.8 Å². The average molecular weight is 467 g/mol. The Hall–Kier alpha value is -4.12. The first-order valence-electron chi connectivity index (χ1n) is 11.9. The first-order chi connectivity index (χ1) is 17.2. The van der Waals surface area contributed by atoms with E-state index in [-0.39, 0.29) is 18.4 Å². The van der Waals surface area contributed by atoms with Gasteiger partial charge < -0.3 is 14.6 Å². The topological polar surface area (TPSA) is 62.6 Å². The van der Waals surface area contributed by atoms with Crippen LogP contribution in [0.1, 0.15) is 28.9 Å². The van der Waals surface area contributed by atoms with Crippen LogP contribution in [0.4, 0.5) is 0 Å². The summed E-state index contributed by atoms with van der Waals surface area (Å²) in [4.78, 5) is 28.8. The number of amides is 2. The lowest BCUT2D eigenvalue weighted by molar-refractivity contribution is -0.141. The molecule has 1 heterocycles. The molecule has 35 heavy (non-hydrogen) atoms. The first kappa shape index (κ1) is 24.0. The van der Waals surface area contributed by atoms with Crippen molar-refractivity contribution in [3.63, 3.8) is 0 Å². The Bertz CT molecular complexity index is 1180. The Morgan fingerprint density at radius 3 is 1.94 bits per heavy atom. The molecule has 178 valence electrons. The summed E-state index contributed by atoms with van der Waals surface area (Å²) < 4.78 is 5.38. The summed E-state index contributed by atoms with van der Waals surface area (Å²) in [6.07, 6.45) is 2.96. The third-order valence-electron chi connectivity index (χ3n) is 5.95. The van der Waals surface area contributed by atoms with E-state index >= 15 is 0 Å². The molecule has 3 aromatic carbocycles. The zero-order valence-electron chi connectivity index (χ0n) is 19.7. The highest BCUT2D eigenvalue weighted by Gasteiger charge is 2.30. The summed E-state index contributed by atoms with van der Waals surface area (Å²) in [6.45, 7) is 0.634. The van der Waals surface area contributed by atoms with Gasteiger partial charge in [0.05, 0.1) is 12.8 Å². The quantitative estimate of drug-likeness (QED) is 0.332. The highest BCUT2D eigenvalue weighted by molar-refractivity contribution is 5.88. The van der Waals surface area contributed by atoms with E-state index in [1.54, 1.807) is 17.2 Å². The molecule has 0 aliphatic rings. The van der Waals surface area contributed by atoms with E-state index in [1.807, 2.05) is 97.1 Å². The monoisotopic (exact) mass is 466 g/mol. The number of nitrogens with zero attached hydrogens (tertiary/aromatic N) is 1. The summed E-state index contributed by atoms with van der Waals surface area (Å²) in [7, 11) is 0. The molecule has 0 bridgehead atoms. The minimum absolute atomic E-state index is 0.0493. The second kappa shape index (κ2) is 12.4. The number of aryl methyl sites for hydroxylation is 1. The maximum absolute atomic E-state index is 13.6. The van der Waals surface area contributed by atoms with Gasteiger partial charge in [-0.05, 0) is 35.2 Å². The zero-order chi connectivity index (χ0) is 24.3.